The van der Waals surface area contributed by atoms with Crippen LogP contribution < -0.4 is 26.0 Å². The Labute approximate surface area is 167 Å². The molecule has 1 spiro atoms. The first kappa shape index (κ1) is 19.0. The number of urea groups is 1. The number of rotatable bonds is 4. The maximum absolute atomic E-state index is 12.4. The van der Waals surface area contributed by atoms with Crippen LogP contribution in [-0.4, -0.2) is 47.6 Å². The van der Waals surface area contributed by atoms with Crippen LogP contribution in [0.5, 0.6) is 5.75 Å². The molecule has 2 saturated heterocycles. The number of amides is 4. The highest BCUT2D eigenvalue weighted by molar-refractivity contribution is 6.08. The third-order valence-corrected chi connectivity index (χ3v) is 5.28. The lowest BCUT2D eigenvalue weighted by Crippen LogP contribution is -2.58. The summed E-state index contributed by atoms with van der Waals surface area (Å²) in [5.74, 6) is 0.184. The molecule has 4 amide bonds. The van der Waals surface area contributed by atoms with Crippen LogP contribution in [-0.2, 0) is 4.79 Å². The van der Waals surface area contributed by atoms with Crippen LogP contribution in [0.25, 0.3) is 10.8 Å². The van der Waals surface area contributed by atoms with E-state index in [0.717, 1.165) is 17.2 Å². The van der Waals surface area contributed by atoms with Crippen molar-refractivity contribution in [2.45, 2.75) is 38.3 Å². The van der Waals surface area contributed by atoms with Gasteiger partial charge in [-0.1, -0.05) is 0 Å². The van der Waals surface area contributed by atoms with E-state index < -0.39 is 17.5 Å². The number of hydrogen-bond acceptors (Lipinski definition) is 6. The fourth-order valence-electron chi connectivity index (χ4n) is 4.03. The Morgan fingerprint density at radius 2 is 2.14 bits per heavy atom. The second-order valence-corrected chi connectivity index (χ2v) is 7.75. The fraction of sp³-hybridized carbons (Fsp3) is 0.400. The van der Waals surface area contributed by atoms with Crippen LogP contribution in [0, 0.1) is 0 Å². The van der Waals surface area contributed by atoms with Gasteiger partial charge in [0, 0.05) is 18.1 Å². The summed E-state index contributed by atoms with van der Waals surface area (Å²) in [7, 11) is 0. The molecule has 1 aromatic heterocycles. The monoisotopic (exact) mass is 397 g/mol. The number of primary amides is 1. The van der Waals surface area contributed by atoms with Gasteiger partial charge in [0.15, 0.2) is 0 Å². The molecule has 0 radical (unpaired) electrons. The lowest BCUT2D eigenvalue weighted by atomic mass is 9.89. The molecule has 1 aromatic carbocycles. The maximum atomic E-state index is 12.4. The third kappa shape index (κ3) is 3.32. The van der Waals surface area contributed by atoms with Gasteiger partial charge < -0.3 is 20.7 Å². The summed E-state index contributed by atoms with van der Waals surface area (Å²) in [6.07, 6.45) is 2.81. The first-order valence-electron chi connectivity index (χ1n) is 9.57. The van der Waals surface area contributed by atoms with Gasteiger partial charge in [0.25, 0.3) is 11.8 Å². The van der Waals surface area contributed by atoms with E-state index in [1.807, 2.05) is 18.7 Å². The molecule has 1 atom stereocenters. The zero-order valence-corrected chi connectivity index (χ0v) is 16.3. The second-order valence-electron chi connectivity index (χ2n) is 7.75. The Morgan fingerprint density at radius 1 is 1.34 bits per heavy atom. The SMILES string of the molecule is CC(C)Oc1cc2c(N3CCCC4(C3)NC(=O)NC4=O)nccc2cc1C(N)=O. The molecule has 9 heteroatoms. The fourth-order valence-corrected chi connectivity index (χ4v) is 4.03. The van der Waals surface area contributed by atoms with Gasteiger partial charge in [0.2, 0.25) is 0 Å². The summed E-state index contributed by atoms with van der Waals surface area (Å²) in [6, 6.07) is 4.80. The van der Waals surface area contributed by atoms with E-state index in [1.54, 1.807) is 24.4 Å². The molecule has 4 N–H and O–H groups in total. The third-order valence-electron chi connectivity index (χ3n) is 5.28. The first-order chi connectivity index (χ1) is 13.8. The Balaban J connectivity index is 1.78. The standard InChI is InChI=1S/C20H23N5O4/c1-11(2)29-15-9-13-12(8-14(15)16(21)26)4-6-22-17(13)25-7-3-5-20(10-25)18(27)23-19(28)24-20/h4,6,8-9,11H,3,5,7,10H2,1-2H3,(H2,21,26)(H2,23,24,27,28). The molecule has 2 aliphatic heterocycles. The van der Waals surface area contributed by atoms with Gasteiger partial charge in [-0.15, -0.1) is 0 Å². The highest BCUT2D eigenvalue weighted by Gasteiger charge is 2.49. The van der Waals surface area contributed by atoms with E-state index in [2.05, 4.69) is 15.6 Å². The molecule has 0 aliphatic carbocycles. The molecule has 152 valence electrons. The summed E-state index contributed by atoms with van der Waals surface area (Å²) in [4.78, 5) is 42.5. The van der Waals surface area contributed by atoms with Crippen molar-refractivity contribution in [2.75, 3.05) is 18.0 Å². The number of nitrogens with one attached hydrogen (secondary N) is 2. The van der Waals surface area contributed by atoms with Crippen molar-refractivity contribution in [2.24, 2.45) is 5.73 Å². The molecule has 1 unspecified atom stereocenters. The first-order valence-corrected chi connectivity index (χ1v) is 9.57. The van der Waals surface area contributed by atoms with E-state index >= 15 is 0 Å². The number of aromatic nitrogens is 1. The zero-order valence-electron chi connectivity index (χ0n) is 16.3. The van der Waals surface area contributed by atoms with Gasteiger partial charge >= 0.3 is 6.03 Å². The van der Waals surface area contributed by atoms with Gasteiger partial charge in [0.1, 0.15) is 17.1 Å². The molecule has 4 rings (SSSR count). The highest BCUT2D eigenvalue weighted by Crippen LogP contribution is 2.35. The number of carbonyl (C=O) groups is 3. The minimum atomic E-state index is -0.955. The quantitative estimate of drug-likeness (QED) is 0.668. The van der Waals surface area contributed by atoms with Gasteiger partial charge in [-0.25, -0.2) is 9.78 Å². The number of imide groups is 1. The van der Waals surface area contributed by atoms with Crippen LogP contribution in [0.4, 0.5) is 10.6 Å². The molecule has 9 nitrogen and oxygen atoms in total. The number of piperidine rings is 1. The minimum absolute atomic E-state index is 0.138. The van der Waals surface area contributed by atoms with E-state index in [4.69, 9.17) is 10.5 Å². The summed E-state index contributed by atoms with van der Waals surface area (Å²) < 4.78 is 5.81. The summed E-state index contributed by atoms with van der Waals surface area (Å²) in [5.41, 5.74) is 4.89. The van der Waals surface area contributed by atoms with Crippen LogP contribution in [0.15, 0.2) is 24.4 Å². The average molecular weight is 397 g/mol. The van der Waals surface area contributed by atoms with Crippen LogP contribution >= 0.6 is 0 Å². The molecule has 2 aliphatic rings. The second kappa shape index (κ2) is 6.91. The average Bonchev–Trinajstić information content (AvgIpc) is 2.92. The summed E-state index contributed by atoms with van der Waals surface area (Å²) >= 11 is 0. The van der Waals surface area contributed by atoms with Crippen LogP contribution in [0.2, 0.25) is 0 Å². The number of benzene rings is 1. The number of carbonyl (C=O) groups excluding carboxylic acids is 3. The Hall–Kier alpha value is -3.36. The smallest absolute Gasteiger partial charge is 0.322 e. The van der Waals surface area contributed by atoms with Gasteiger partial charge in [-0.05, 0) is 50.3 Å². The summed E-state index contributed by atoms with van der Waals surface area (Å²) in [5, 5.41) is 6.68. The van der Waals surface area contributed by atoms with E-state index in [0.29, 0.717) is 36.6 Å². The Morgan fingerprint density at radius 3 is 2.79 bits per heavy atom. The lowest BCUT2D eigenvalue weighted by molar-refractivity contribution is -0.124. The van der Waals surface area contributed by atoms with Gasteiger partial charge in [-0.2, -0.15) is 0 Å². The number of anilines is 1. The molecular formula is C20H23N5O4. The summed E-state index contributed by atoms with van der Waals surface area (Å²) in [6.45, 7) is 4.74. The van der Waals surface area contributed by atoms with Crippen molar-refractivity contribution in [1.82, 2.24) is 15.6 Å². The number of pyridine rings is 1. The Kier molecular flexibility index (Phi) is 4.52. The molecule has 2 fully saturated rings. The van der Waals surface area contributed by atoms with Crippen molar-refractivity contribution >= 4 is 34.4 Å². The molecule has 2 aromatic rings. The van der Waals surface area contributed by atoms with Gasteiger partial charge in [-0.3, -0.25) is 14.9 Å². The number of nitrogens with two attached hydrogens (primary N) is 1. The van der Waals surface area contributed by atoms with Crippen molar-refractivity contribution in [3.63, 3.8) is 0 Å². The van der Waals surface area contributed by atoms with E-state index in [-0.39, 0.29) is 12.0 Å². The van der Waals surface area contributed by atoms with Gasteiger partial charge in [0.05, 0.1) is 18.2 Å². The van der Waals surface area contributed by atoms with Crippen LogP contribution in [0.3, 0.4) is 0 Å². The van der Waals surface area contributed by atoms with E-state index in [9.17, 15) is 14.4 Å². The van der Waals surface area contributed by atoms with Crippen molar-refractivity contribution in [3.05, 3.63) is 30.0 Å². The predicted octanol–water partition coefficient (Wildman–Crippen LogP) is 1.30. The van der Waals surface area contributed by atoms with Crippen molar-refractivity contribution in [3.8, 4) is 5.75 Å². The van der Waals surface area contributed by atoms with Crippen molar-refractivity contribution < 1.29 is 19.1 Å². The van der Waals surface area contributed by atoms with Crippen LogP contribution in [0.1, 0.15) is 37.0 Å². The molecule has 0 saturated carbocycles. The number of nitrogens with zero attached hydrogens (tertiary/aromatic N) is 2. The number of hydrogen-bond donors (Lipinski definition) is 3. The minimum Gasteiger partial charge on any atom is -0.490 e. The normalized spacial score (nSPS) is 21.6. The lowest BCUT2D eigenvalue weighted by Gasteiger charge is -2.39. The molecule has 29 heavy (non-hydrogen) atoms. The molecular weight excluding hydrogens is 374 g/mol. The molecule has 3 heterocycles. The molecule has 0 bridgehead atoms. The topological polar surface area (TPSA) is 127 Å². The largest absolute Gasteiger partial charge is 0.490 e. The number of fused-ring (bicyclic) bond motifs is 1. The zero-order chi connectivity index (χ0) is 20.8. The Bertz CT molecular complexity index is 1020. The number of ether oxygens (including phenoxy) is 1. The van der Waals surface area contributed by atoms with Crippen molar-refractivity contribution in [1.29, 1.82) is 0 Å². The predicted molar refractivity (Wildman–Crippen MR) is 107 cm³/mol. The highest BCUT2D eigenvalue weighted by atomic mass is 16.5. The maximum Gasteiger partial charge on any atom is 0.322 e. The van der Waals surface area contributed by atoms with E-state index in [1.165, 1.54) is 0 Å².